The fraction of sp³-hybridized carbons (Fsp3) is 0.300. The molecule has 0 spiro atoms. The van der Waals surface area contributed by atoms with Crippen LogP contribution in [-0.4, -0.2) is 15.0 Å². The first-order chi connectivity index (χ1) is 7.79. The summed E-state index contributed by atoms with van der Waals surface area (Å²) in [4.78, 5) is 12.5. The van der Waals surface area contributed by atoms with Crippen LogP contribution in [0.4, 0.5) is 5.95 Å². The molecule has 0 bridgehead atoms. The third-order valence-electron chi connectivity index (χ3n) is 2.08. The van der Waals surface area contributed by atoms with E-state index in [1.807, 2.05) is 5.38 Å². The molecule has 0 aliphatic carbocycles. The Morgan fingerprint density at radius 3 is 2.69 bits per heavy atom. The summed E-state index contributed by atoms with van der Waals surface area (Å²) in [6, 6.07) is 0.154. The minimum atomic E-state index is 0.154. The second-order valence-electron chi connectivity index (χ2n) is 3.20. The van der Waals surface area contributed by atoms with Crippen LogP contribution in [0.5, 0.6) is 0 Å². The molecule has 0 aromatic carbocycles. The summed E-state index contributed by atoms with van der Waals surface area (Å²) in [5.74, 6) is 0.575. The Balaban J connectivity index is 2.10. The lowest BCUT2D eigenvalue weighted by molar-refractivity contribution is 0.731. The van der Waals surface area contributed by atoms with E-state index in [1.165, 1.54) is 0 Å². The van der Waals surface area contributed by atoms with Gasteiger partial charge in [-0.05, 0) is 6.42 Å². The number of nitrogens with zero attached hydrogens (tertiary/aromatic N) is 3. The Hall–Kier alpha value is -1.20. The topological polar surface area (TPSA) is 50.7 Å². The quantitative estimate of drug-likeness (QED) is 0.911. The molecule has 0 aliphatic heterocycles. The van der Waals surface area contributed by atoms with Crippen molar-refractivity contribution >= 4 is 28.9 Å². The highest BCUT2D eigenvalue weighted by Gasteiger charge is 2.12. The number of thiazole rings is 1. The van der Waals surface area contributed by atoms with E-state index in [9.17, 15) is 0 Å². The first-order valence-electron chi connectivity index (χ1n) is 4.93. The van der Waals surface area contributed by atoms with Crippen molar-refractivity contribution in [1.82, 2.24) is 15.0 Å². The Morgan fingerprint density at radius 2 is 2.12 bits per heavy atom. The largest absolute Gasteiger partial charge is 0.345 e. The molecule has 0 amide bonds. The zero-order valence-corrected chi connectivity index (χ0v) is 10.3. The molecule has 2 aromatic heterocycles. The second kappa shape index (κ2) is 5.23. The molecule has 2 heterocycles. The van der Waals surface area contributed by atoms with Gasteiger partial charge >= 0.3 is 0 Å². The minimum Gasteiger partial charge on any atom is -0.345 e. The van der Waals surface area contributed by atoms with Crippen molar-refractivity contribution < 1.29 is 0 Å². The fourth-order valence-corrected chi connectivity index (χ4v) is 2.16. The number of hydrogen-bond donors (Lipinski definition) is 1. The molecule has 1 atom stereocenters. The first-order valence-corrected chi connectivity index (χ1v) is 6.19. The lowest BCUT2D eigenvalue weighted by Crippen LogP contribution is -2.11. The van der Waals surface area contributed by atoms with Gasteiger partial charge < -0.3 is 5.32 Å². The van der Waals surface area contributed by atoms with Gasteiger partial charge in [0, 0.05) is 11.6 Å². The van der Waals surface area contributed by atoms with Crippen LogP contribution in [0, 0.1) is 0 Å². The summed E-state index contributed by atoms with van der Waals surface area (Å²) in [5, 5.41) is 6.76. The number of halogens is 1. The Morgan fingerprint density at radius 1 is 1.38 bits per heavy atom. The molecule has 1 unspecified atom stereocenters. The molecule has 0 aliphatic rings. The van der Waals surface area contributed by atoms with Crippen LogP contribution in [0.25, 0.3) is 0 Å². The smallest absolute Gasteiger partial charge is 0.223 e. The number of nitrogens with one attached hydrogen (secondary N) is 1. The lowest BCUT2D eigenvalue weighted by Gasteiger charge is -2.13. The molecular weight excluding hydrogens is 244 g/mol. The standard InChI is InChI=1S/C10H11ClN4S/c1-2-8(9-12-3-4-16-9)15-10-13-5-7(11)6-14-10/h3-6,8H,2H2,1H3,(H,13,14,15). The molecule has 84 valence electrons. The maximum Gasteiger partial charge on any atom is 0.223 e. The maximum atomic E-state index is 5.72. The Kier molecular flexibility index (Phi) is 3.69. The zero-order valence-electron chi connectivity index (χ0n) is 8.72. The summed E-state index contributed by atoms with van der Waals surface area (Å²) < 4.78 is 0. The summed E-state index contributed by atoms with van der Waals surface area (Å²) in [6.45, 7) is 2.09. The summed E-state index contributed by atoms with van der Waals surface area (Å²) in [6.07, 6.45) is 5.88. The average Bonchev–Trinajstić information content (AvgIpc) is 2.82. The van der Waals surface area contributed by atoms with Crippen molar-refractivity contribution in [3.05, 3.63) is 34.0 Å². The third-order valence-corrected chi connectivity index (χ3v) is 3.17. The Bertz CT molecular complexity index is 429. The molecule has 0 saturated heterocycles. The fourth-order valence-electron chi connectivity index (χ4n) is 1.29. The van der Waals surface area contributed by atoms with E-state index in [1.54, 1.807) is 29.9 Å². The van der Waals surface area contributed by atoms with Crippen LogP contribution in [0.2, 0.25) is 5.02 Å². The van der Waals surface area contributed by atoms with E-state index >= 15 is 0 Å². The summed E-state index contributed by atoms with van der Waals surface area (Å²) in [5.41, 5.74) is 0. The number of anilines is 1. The van der Waals surface area contributed by atoms with Gasteiger partial charge in [0.05, 0.1) is 23.5 Å². The van der Waals surface area contributed by atoms with E-state index in [4.69, 9.17) is 11.6 Å². The van der Waals surface area contributed by atoms with Gasteiger partial charge in [-0.25, -0.2) is 15.0 Å². The highest BCUT2D eigenvalue weighted by atomic mass is 35.5. The van der Waals surface area contributed by atoms with E-state index in [-0.39, 0.29) is 6.04 Å². The van der Waals surface area contributed by atoms with Crippen molar-refractivity contribution in [2.45, 2.75) is 19.4 Å². The molecule has 0 saturated carbocycles. The van der Waals surface area contributed by atoms with Crippen LogP contribution < -0.4 is 5.32 Å². The highest BCUT2D eigenvalue weighted by molar-refractivity contribution is 7.09. The van der Waals surface area contributed by atoms with Crippen molar-refractivity contribution in [2.24, 2.45) is 0 Å². The summed E-state index contributed by atoms with van der Waals surface area (Å²) >= 11 is 7.34. The van der Waals surface area contributed by atoms with Crippen molar-refractivity contribution in [3.8, 4) is 0 Å². The lowest BCUT2D eigenvalue weighted by atomic mass is 10.2. The van der Waals surface area contributed by atoms with Crippen LogP contribution in [0.15, 0.2) is 24.0 Å². The van der Waals surface area contributed by atoms with Crippen LogP contribution >= 0.6 is 22.9 Å². The van der Waals surface area contributed by atoms with E-state index in [0.717, 1.165) is 11.4 Å². The normalized spacial score (nSPS) is 12.4. The van der Waals surface area contributed by atoms with Gasteiger partial charge in [-0.3, -0.25) is 0 Å². The van der Waals surface area contributed by atoms with Gasteiger partial charge in [0.25, 0.3) is 0 Å². The molecule has 1 N–H and O–H groups in total. The van der Waals surface area contributed by atoms with E-state index < -0.39 is 0 Å². The van der Waals surface area contributed by atoms with Gasteiger partial charge in [0.15, 0.2) is 0 Å². The van der Waals surface area contributed by atoms with Gasteiger partial charge in [-0.1, -0.05) is 18.5 Å². The van der Waals surface area contributed by atoms with Crippen molar-refractivity contribution in [1.29, 1.82) is 0 Å². The predicted molar refractivity (Wildman–Crippen MR) is 65.8 cm³/mol. The van der Waals surface area contributed by atoms with Gasteiger partial charge in [-0.2, -0.15) is 0 Å². The van der Waals surface area contributed by atoms with Gasteiger partial charge in [0.2, 0.25) is 5.95 Å². The zero-order chi connectivity index (χ0) is 11.4. The number of aromatic nitrogens is 3. The van der Waals surface area contributed by atoms with Crippen molar-refractivity contribution in [2.75, 3.05) is 5.32 Å². The monoisotopic (exact) mass is 254 g/mol. The van der Waals surface area contributed by atoms with Crippen LogP contribution in [-0.2, 0) is 0 Å². The van der Waals surface area contributed by atoms with Crippen LogP contribution in [0.3, 0.4) is 0 Å². The van der Waals surface area contributed by atoms with Gasteiger partial charge in [0.1, 0.15) is 5.01 Å². The molecule has 4 nitrogen and oxygen atoms in total. The van der Waals surface area contributed by atoms with E-state index in [2.05, 4.69) is 27.2 Å². The SMILES string of the molecule is CCC(Nc1ncc(Cl)cn1)c1nccs1. The molecule has 0 radical (unpaired) electrons. The molecule has 16 heavy (non-hydrogen) atoms. The molecule has 6 heteroatoms. The number of rotatable bonds is 4. The second-order valence-corrected chi connectivity index (χ2v) is 4.56. The average molecular weight is 255 g/mol. The molecule has 2 rings (SSSR count). The highest BCUT2D eigenvalue weighted by Crippen LogP contribution is 2.22. The predicted octanol–water partition coefficient (Wildman–Crippen LogP) is 3.15. The Labute approximate surface area is 103 Å². The van der Waals surface area contributed by atoms with Crippen LogP contribution in [0.1, 0.15) is 24.4 Å². The first kappa shape index (κ1) is 11.3. The van der Waals surface area contributed by atoms with Gasteiger partial charge in [-0.15, -0.1) is 11.3 Å². The number of hydrogen-bond acceptors (Lipinski definition) is 5. The third kappa shape index (κ3) is 2.68. The van der Waals surface area contributed by atoms with Crippen molar-refractivity contribution in [3.63, 3.8) is 0 Å². The molecule has 2 aromatic rings. The molecular formula is C10H11ClN4S. The molecule has 0 fully saturated rings. The maximum absolute atomic E-state index is 5.72. The summed E-state index contributed by atoms with van der Waals surface area (Å²) in [7, 11) is 0. The van der Waals surface area contributed by atoms with E-state index in [0.29, 0.717) is 11.0 Å². The minimum absolute atomic E-state index is 0.154.